The van der Waals surface area contributed by atoms with E-state index in [0.29, 0.717) is 0 Å². The van der Waals surface area contributed by atoms with Gasteiger partial charge in [0.1, 0.15) is 11.4 Å². The third-order valence-electron chi connectivity index (χ3n) is 5.19. The number of aromatic nitrogens is 2. The lowest BCUT2D eigenvalue weighted by Crippen LogP contribution is -2.45. The minimum atomic E-state index is -1.09. The topological polar surface area (TPSA) is 72.9 Å². The number of rotatable bonds is 4. The van der Waals surface area contributed by atoms with E-state index in [-0.39, 0.29) is 5.91 Å². The summed E-state index contributed by atoms with van der Waals surface area (Å²) in [6.45, 7) is 2.77. The molecule has 138 valence electrons. The summed E-state index contributed by atoms with van der Waals surface area (Å²) in [6, 6.07) is 17.2. The van der Waals surface area contributed by atoms with Gasteiger partial charge in [-0.25, -0.2) is 4.98 Å². The monoisotopic (exact) mass is 360 g/mol. The molecule has 1 unspecified atom stereocenters. The summed E-state index contributed by atoms with van der Waals surface area (Å²) < 4.78 is 2.24. The molecule has 3 aromatic rings. The highest BCUT2D eigenvalue weighted by atomic mass is 16.2. The number of hydrogen-bond acceptors (Lipinski definition) is 3. The molecular weight excluding hydrogens is 336 g/mol. The Morgan fingerprint density at radius 2 is 1.85 bits per heavy atom. The number of amides is 1. The minimum Gasteiger partial charge on any atom is -0.334 e. The molecular formula is C22H24N4O. The molecule has 0 spiro atoms. The van der Waals surface area contributed by atoms with E-state index in [2.05, 4.69) is 16.1 Å². The fourth-order valence-corrected chi connectivity index (χ4v) is 3.45. The molecule has 0 fully saturated rings. The molecule has 4 rings (SSSR count). The van der Waals surface area contributed by atoms with Crippen molar-refractivity contribution in [2.45, 2.75) is 38.3 Å². The van der Waals surface area contributed by atoms with Crippen molar-refractivity contribution >= 4 is 11.6 Å². The normalized spacial score (nSPS) is 15.6. The molecule has 2 heterocycles. The highest BCUT2D eigenvalue weighted by Crippen LogP contribution is 2.25. The number of nitrogens with zero attached hydrogens (tertiary/aromatic N) is 2. The van der Waals surface area contributed by atoms with Crippen molar-refractivity contribution in [2.75, 3.05) is 5.32 Å². The fraction of sp³-hybridized carbons (Fsp3) is 0.273. The van der Waals surface area contributed by atoms with Crippen molar-refractivity contribution in [1.29, 1.82) is 0 Å². The molecule has 1 atom stereocenters. The van der Waals surface area contributed by atoms with Crippen molar-refractivity contribution in [1.82, 2.24) is 9.55 Å². The zero-order valence-electron chi connectivity index (χ0n) is 15.5. The van der Waals surface area contributed by atoms with Crippen LogP contribution in [0.2, 0.25) is 0 Å². The van der Waals surface area contributed by atoms with Crippen molar-refractivity contribution in [3.8, 4) is 11.3 Å². The molecule has 0 radical (unpaired) electrons. The Morgan fingerprint density at radius 3 is 2.56 bits per heavy atom. The van der Waals surface area contributed by atoms with Crippen LogP contribution in [0.15, 0.2) is 60.8 Å². The van der Waals surface area contributed by atoms with Gasteiger partial charge in [-0.2, -0.15) is 0 Å². The Morgan fingerprint density at radius 1 is 1.11 bits per heavy atom. The molecule has 2 aromatic carbocycles. The largest absolute Gasteiger partial charge is 0.334 e. The highest BCUT2D eigenvalue weighted by Gasteiger charge is 2.30. The van der Waals surface area contributed by atoms with Gasteiger partial charge in [-0.05, 0) is 37.5 Å². The maximum absolute atomic E-state index is 12.7. The number of fused-ring (bicyclic) bond motifs is 1. The van der Waals surface area contributed by atoms with E-state index in [1.165, 1.54) is 12.8 Å². The Hall–Kier alpha value is -2.92. The third kappa shape index (κ3) is 3.51. The van der Waals surface area contributed by atoms with Crippen LogP contribution in [0, 0.1) is 0 Å². The predicted octanol–water partition coefficient (Wildman–Crippen LogP) is 3.70. The van der Waals surface area contributed by atoms with Gasteiger partial charge < -0.3 is 15.6 Å². The first-order chi connectivity index (χ1) is 13.0. The second kappa shape index (κ2) is 7.00. The number of aryl methyl sites for hydroxylation is 2. The molecule has 1 aliphatic rings. The Balaban J connectivity index is 1.49. The van der Waals surface area contributed by atoms with Crippen molar-refractivity contribution in [3.63, 3.8) is 0 Å². The second-order valence-electron chi connectivity index (χ2n) is 7.29. The summed E-state index contributed by atoms with van der Waals surface area (Å²) >= 11 is 0. The highest BCUT2D eigenvalue weighted by molar-refractivity contribution is 5.98. The van der Waals surface area contributed by atoms with Crippen LogP contribution < -0.4 is 11.1 Å². The number of nitrogens with one attached hydrogen (secondary N) is 1. The number of carbonyl (C=O) groups excluding carboxylic acids is 1. The van der Waals surface area contributed by atoms with E-state index in [9.17, 15) is 4.79 Å². The van der Waals surface area contributed by atoms with Gasteiger partial charge in [0.25, 0.3) is 0 Å². The Bertz CT molecular complexity index is 919. The van der Waals surface area contributed by atoms with Crippen LogP contribution in [0.25, 0.3) is 11.3 Å². The molecule has 1 amide bonds. The van der Waals surface area contributed by atoms with Gasteiger partial charge >= 0.3 is 0 Å². The Kier molecular flexibility index (Phi) is 4.54. The van der Waals surface area contributed by atoms with Crippen LogP contribution in [0.5, 0.6) is 0 Å². The first-order valence-electron chi connectivity index (χ1n) is 9.36. The van der Waals surface area contributed by atoms with Gasteiger partial charge in [-0.1, -0.05) is 42.5 Å². The summed E-state index contributed by atoms with van der Waals surface area (Å²) in [5.41, 5.74) is 8.72. The zero-order valence-corrected chi connectivity index (χ0v) is 15.5. The minimum absolute atomic E-state index is 0.237. The van der Waals surface area contributed by atoms with Crippen molar-refractivity contribution in [3.05, 3.63) is 72.2 Å². The standard InChI is InChI=1S/C22H24N4O/c1-22(23,17-7-3-2-4-8-17)21(27)24-18-12-10-16(11-13-18)19-15-26-14-6-5-9-20(26)25-19/h2-4,7-8,10-13,15H,5-6,9,14,23H2,1H3,(H,24,27). The quantitative estimate of drug-likeness (QED) is 0.745. The van der Waals surface area contributed by atoms with Gasteiger partial charge in [0, 0.05) is 30.4 Å². The number of nitrogens with two attached hydrogens (primary N) is 1. The maximum atomic E-state index is 12.7. The molecule has 5 heteroatoms. The molecule has 0 aliphatic carbocycles. The molecule has 27 heavy (non-hydrogen) atoms. The third-order valence-corrected chi connectivity index (χ3v) is 5.19. The van der Waals surface area contributed by atoms with Crippen molar-refractivity contribution < 1.29 is 4.79 Å². The number of imidazole rings is 1. The van der Waals surface area contributed by atoms with Crippen LogP contribution >= 0.6 is 0 Å². The predicted molar refractivity (Wildman–Crippen MR) is 107 cm³/mol. The van der Waals surface area contributed by atoms with Gasteiger partial charge in [0.15, 0.2) is 0 Å². The van der Waals surface area contributed by atoms with E-state index < -0.39 is 5.54 Å². The lowest BCUT2D eigenvalue weighted by Gasteiger charge is -2.24. The molecule has 5 nitrogen and oxygen atoms in total. The summed E-state index contributed by atoms with van der Waals surface area (Å²) in [5.74, 6) is 0.925. The maximum Gasteiger partial charge on any atom is 0.248 e. The smallest absolute Gasteiger partial charge is 0.248 e. The van der Waals surface area contributed by atoms with Gasteiger partial charge in [0.2, 0.25) is 5.91 Å². The number of benzene rings is 2. The lowest BCUT2D eigenvalue weighted by molar-refractivity contribution is -0.120. The number of carbonyl (C=O) groups is 1. The summed E-state index contributed by atoms with van der Waals surface area (Å²) in [4.78, 5) is 17.4. The second-order valence-corrected chi connectivity index (χ2v) is 7.29. The molecule has 3 N–H and O–H groups in total. The number of anilines is 1. The zero-order chi connectivity index (χ0) is 18.9. The summed E-state index contributed by atoms with van der Waals surface area (Å²) in [5, 5.41) is 2.92. The van der Waals surface area contributed by atoms with E-state index in [1.54, 1.807) is 6.92 Å². The molecule has 0 saturated carbocycles. The molecule has 1 aliphatic heterocycles. The van der Waals surface area contributed by atoms with Gasteiger partial charge in [-0.3, -0.25) is 4.79 Å². The fourth-order valence-electron chi connectivity index (χ4n) is 3.45. The molecule has 1 aromatic heterocycles. The van der Waals surface area contributed by atoms with E-state index in [4.69, 9.17) is 10.7 Å². The van der Waals surface area contributed by atoms with Crippen molar-refractivity contribution in [2.24, 2.45) is 5.73 Å². The van der Waals surface area contributed by atoms with Crippen LogP contribution in [-0.4, -0.2) is 15.5 Å². The van der Waals surface area contributed by atoms with Crippen LogP contribution in [-0.2, 0) is 23.3 Å². The average Bonchev–Trinajstić information content (AvgIpc) is 3.13. The first kappa shape index (κ1) is 17.5. The van der Waals surface area contributed by atoms with E-state index >= 15 is 0 Å². The van der Waals surface area contributed by atoms with Crippen LogP contribution in [0.4, 0.5) is 5.69 Å². The van der Waals surface area contributed by atoms with Gasteiger partial charge in [0.05, 0.1) is 5.69 Å². The van der Waals surface area contributed by atoms with Gasteiger partial charge in [-0.15, -0.1) is 0 Å². The first-order valence-corrected chi connectivity index (χ1v) is 9.36. The van der Waals surface area contributed by atoms with E-state index in [1.807, 2.05) is 54.6 Å². The Labute approximate surface area is 159 Å². The van der Waals surface area contributed by atoms with E-state index in [0.717, 1.165) is 41.3 Å². The molecule has 0 saturated heterocycles. The lowest BCUT2D eigenvalue weighted by atomic mass is 9.92. The summed E-state index contributed by atoms with van der Waals surface area (Å²) in [7, 11) is 0. The SMILES string of the molecule is CC(N)(C(=O)Nc1ccc(-c2cn3c(n2)CCCC3)cc1)c1ccccc1. The molecule has 0 bridgehead atoms. The van der Waals surface area contributed by atoms with Crippen LogP contribution in [0.3, 0.4) is 0 Å². The van der Waals surface area contributed by atoms with Crippen LogP contribution in [0.1, 0.15) is 31.2 Å². The average molecular weight is 360 g/mol. The number of hydrogen-bond donors (Lipinski definition) is 2. The summed E-state index contributed by atoms with van der Waals surface area (Å²) in [6.07, 6.45) is 5.59.